The van der Waals surface area contributed by atoms with Gasteiger partial charge in [0.1, 0.15) is 17.7 Å². The highest BCUT2D eigenvalue weighted by atomic mass is 32.2. The van der Waals surface area contributed by atoms with Crippen LogP contribution in [-0.2, 0) is 16.6 Å². The monoisotopic (exact) mass is 460 g/mol. The van der Waals surface area contributed by atoms with Crippen molar-refractivity contribution in [2.45, 2.75) is 25.5 Å². The number of hydrogen-bond acceptors (Lipinski definition) is 5. The average molecular weight is 461 g/mol. The molecule has 5 nitrogen and oxygen atoms in total. The van der Waals surface area contributed by atoms with Crippen LogP contribution in [-0.4, -0.2) is 42.5 Å². The highest BCUT2D eigenvalue weighted by Gasteiger charge is 2.26. The number of halogens is 1. The van der Waals surface area contributed by atoms with Crippen LogP contribution in [0.3, 0.4) is 0 Å². The topological polar surface area (TPSA) is 49.9 Å². The van der Waals surface area contributed by atoms with E-state index in [2.05, 4.69) is 18.2 Å². The molecule has 8 heteroatoms. The lowest BCUT2D eigenvalue weighted by Gasteiger charge is -2.30. The van der Waals surface area contributed by atoms with Gasteiger partial charge in [0.25, 0.3) is 0 Å². The molecule has 0 amide bonds. The predicted octanol–water partition coefficient (Wildman–Crippen LogP) is 4.65. The molecule has 0 aromatic heterocycles. The molecule has 31 heavy (non-hydrogen) atoms. The second-order valence-electron chi connectivity index (χ2n) is 7.64. The summed E-state index contributed by atoms with van der Waals surface area (Å²) in [7, 11) is -3.17. The summed E-state index contributed by atoms with van der Waals surface area (Å²) in [5, 5.41) is 0. The fourth-order valence-corrected chi connectivity index (χ4v) is 5.46. The number of ether oxygens (including phenoxy) is 1. The zero-order valence-electron chi connectivity index (χ0n) is 17.3. The largest absolute Gasteiger partial charge is 0.490 e. The molecular formula is C23H25FN2O3S2. The summed E-state index contributed by atoms with van der Waals surface area (Å²) >= 11 is 1.58. The van der Waals surface area contributed by atoms with Crippen molar-refractivity contribution in [3.05, 3.63) is 83.8 Å². The van der Waals surface area contributed by atoms with Crippen molar-refractivity contribution in [3.8, 4) is 5.75 Å². The molecule has 4 rings (SSSR count). The van der Waals surface area contributed by atoms with Crippen molar-refractivity contribution in [1.82, 2.24) is 8.61 Å². The van der Waals surface area contributed by atoms with E-state index in [0.717, 1.165) is 10.5 Å². The minimum absolute atomic E-state index is 0.109. The van der Waals surface area contributed by atoms with E-state index in [1.807, 2.05) is 34.8 Å². The van der Waals surface area contributed by atoms with Crippen LogP contribution in [0.1, 0.15) is 24.0 Å². The fourth-order valence-electron chi connectivity index (χ4n) is 3.62. The molecule has 0 atom stereocenters. The highest BCUT2D eigenvalue weighted by molar-refractivity contribution is 8.06. The van der Waals surface area contributed by atoms with Gasteiger partial charge in [-0.1, -0.05) is 36.4 Å². The quantitative estimate of drug-likeness (QED) is 0.588. The number of hydrogen-bond donors (Lipinski definition) is 0. The zero-order valence-corrected chi connectivity index (χ0v) is 18.9. The van der Waals surface area contributed by atoms with E-state index < -0.39 is 10.0 Å². The molecule has 2 aliphatic rings. The molecule has 2 aromatic rings. The minimum atomic E-state index is -3.17. The lowest BCUT2D eigenvalue weighted by atomic mass is 10.1. The van der Waals surface area contributed by atoms with Gasteiger partial charge in [-0.25, -0.2) is 17.1 Å². The van der Waals surface area contributed by atoms with Gasteiger partial charge in [-0.3, -0.25) is 0 Å². The van der Waals surface area contributed by atoms with Crippen molar-refractivity contribution >= 4 is 26.9 Å². The van der Waals surface area contributed by atoms with Crippen LogP contribution in [0.4, 0.5) is 4.39 Å². The van der Waals surface area contributed by atoms with Gasteiger partial charge in [0.15, 0.2) is 0 Å². The fraction of sp³-hybridized carbons (Fsp3) is 0.304. The Labute approximate surface area is 187 Å². The van der Waals surface area contributed by atoms with Gasteiger partial charge < -0.3 is 9.04 Å². The van der Waals surface area contributed by atoms with Crippen molar-refractivity contribution in [2.24, 2.45) is 0 Å². The first-order valence-electron chi connectivity index (χ1n) is 10.2. The van der Waals surface area contributed by atoms with Crippen LogP contribution in [0.5, 0.6) is 5.75 Å². The first-order chi connectivity index (χ1) is 14.9. The first kappa shape index (κ1) is 21.9. The second-order valence-corrected chi connectivity index (χ2v) is 10.7. The van der Waals surface area contributed by atoms with Crippen LogP contribution in [0.15, 0.2) is 66.9 Å². The number of allylic oxidation sites excluding steroid dienone is 2. The summed E-state index contributed by atoms with van der Waals surface area (Å²) in [6.45, 7) is 1.30. The Kier molecular flexibility index (Phi) is 6.69. The summed E-state index contributed by atoms with van der Waals surface area (Å²) in [5.74, 6) is 0.168. The van der Waals surface area contributed by atoms with Crippen molar-refractivity contribution < 1.29 is 17.5 Å². The lowest BCUT2D eigenvalue weighted by molar-refractivity contribution is 0.135. The van der Waals surface area contributed by atoms with Gasteiger partial charge in [-0.05, 0) is 48.6 Å². The van der Waals surface area contributed by atoms with Gasteiger partial charge in [-0.2, -0.15) is 0 Å². The number of benzene rings is 2. The predicted molar refractivity (Wildman–Crippen MR) is 123 cm³/mol. The van der Waals surface area contributed by atoms with Gasteiger partial charge in [0, 0.05) is 35.8 Å². The molecule has 0 aliphatic carbocycles. The summed E-state index contributed by atoms with van der Waals surface area (Å²) in [6.07, 6.45) is 8.27. The van der Waals surface area contributed by atoms with E-state index in [1.54, 1.807) is 24.1 Å². The molecule has 0 radical (unpaired) electrons. The maximum Gasteiger partial charge on any atom is 0.211 e. The molecule has 0 saturated carbocycles. The third-order valence-electron chi connectivity index (χ3n) is 5.30. The molecule has 0 unspecified atom stereocenters. The Balaban J connectivity index is 1.34. The lowest BCUT2D eigenvalue weighted by Crippen LogP contribution is -2.41. The SMILES string of the molecule is CS(=O)(=O)N1CCC(Oc2ccc(CN3C=CC=C(c4ccccc4)S3)c(F)c2)CC1. The number of sulfonamides is 1. The Bertz CT molecular complexity index is 1080. The standard InChI is InChI=1S/C23H25FN2O3S2/c1-31(27,28)26-14-11-20(12-15-26)29-21-10-9-19(22(24)16-21)17-25-13-5-8-23(30-25)18-6-3-2-4-7-18/h2-10,13,16,20H,11-12,14-15,17H2,1H3. The Hall–Kier alpha value is -2.29. The molecule has 1 fully saturated rings. The minimum Gasteiger partial charge on any atom is -0.490 e. The van der Waals surface area contributed by atoms with Crippen LogP contribution in [0, 0.1) is 5.82 Å². The number of piperidine rings is 1. The molecule has 0 bridgehead atoms. The van der Waals surface area contributed by atoms with Crippen LogP contribution in [0.2, 0.25) is 0 Å². The van der Waals surface area contributed by atoms with E-state index >= 15 is 0 Å². The summed E-state index contributed by atoms with van der Waals surface area (Å²) in [6, 6.07) is 15.1. The van der Waals surface area contributed by atoms with E-state index in [1.165, 1.54) is 16.6 Å². The highest BCUT2D eigenvalue weighted by Crippen LogP contribution is 2.35. The van der Waals surface area contributed by atoms with Gasteiger partial charge >= 0.3 is 0 Å². The summed E-state index contributed by atoms with van der Waals surface area (Å²) in [4.78, 5) is 1.11. The van der Waals surface area contributed by atoms with E-state index in [0.29, 0.717) is 43.8 Å². The van der Waals surface area contributed by atoms with E-state index in [-0.39, 0.29) is 11.9 Å². The van der Waals surface area contributed by atoms with Crippen molar-refractivity contribution in [2.75, 3.05) is 19.3 Å². The van der Waals surface area contributed by atoms with Crippen LogP contribution < -0.4 is 4.74 Å². The summed E-state index contributed by atoms with van der Waals surface area (Å²) in [5.41, 5.74) is 1.72. The molecule has 1 saturated heterocycles. The molecule has 2 heterocycles. The Morgan fingerprint density at radius 1 is 1.13 bits per heavy atom. The van der Waals surface area contributed by atoms with Gasteiger partial charge in [0.05, 0.1) is 12.8 Å². The maximum atomic E-state index is 14.8. The number of nitrogens with zero attached hydrogens (tertiary/aromatic N) is 2. The van der Waals surface area contributed by atoms with E-state index in [4.69, 9.17) is 4.74 Å². The zero-order chi connectivity index (χ0) is 21.8. The number of rotatable bonds is 6. The smallest absolute Gasteiger partial charge is 0.211 e. The van der Waals surface area contributed by atoms with Crippen molar-refractivity contribution in [1.29, 1.82) is 0 Å². The third-order valence-corrected chi connectivity index (χ3v) is 7.65. The molecule has 164 valence electrons. The van der Waals surface area contributed by atoms with Gasteiger partial charge in [-0.15, -0.1) is 0 Å². The normalized spacial score (nSPS) is 18.1. The van der Waals surface area contributed by atoms with Crippen LogP contribution >= 0.6 is 11.9 Å². The molecule has 2 aromatic carbocycles. The Morgan fingerprint density at radius 3 is 2.55 bits per heavy atom. The maximum absolute atomic E-state index is 14.8. The first-order valence-corrected chi connectivity index (χ1v) is 12.8. The third kappa shape index (κ3) is 5.70. The molecular weight excluding hydrogens is 435 g/mol. The van der Waals surface area contributed by atoms with Crippen molar-refractivity contribution in [3.63, 3.8) is 0 Å². The van der Waals surface area contributed by atoms with Gasteiger partial charge in [0.2, 0.25) is 10.0 Å². The molecule has 0 spiro atoms. The molecule has 0 N–H and O–H groups in total. The second kappa shape index (κ2) is 9.46. The van der Waals surface area contributed by atoms with Crippen LogP contribution in [0.25, 0.3) is 4.91 Å². The summed E-state index contributed by atoms with van der Waals surface area (Å²) < 4.78 is 47.4. The van der Waals surface area contributed by atoms with E-state index in [9.17, 15) is 12.8 Å². The average Bonchev–Trinajstić information content (AvgIpc) is 2.76. The Morgan fingerprint density at radius 2 is 1.87 bits per heavy atom. The molecule has 2 aliphatic heterocycles.